The van der Waals surface area contributed by atoms with E-state index in [1.165, 1.54) is 0 Å². The van der Waals surface area contributed by atoms with Crippen molar-refractivity contribution in [3.63, 3.8) is 0 Å². The fourth-order valence-corrected chi connectivity index (χ4v) is 3.02. The van der Waals surface area contributed by atoms with E-state index in [0.717, 1.165) is 28.4 Å². The molecule has 1 aliphatic heterocycles. The Morgan fingerprint density at radius 3 is 2.50 bits per heavy atom. The molecule has 0 unspecified atom stereocenters. The number of para-hydroxylation sites is 1. The van der Waals surface area contributed by atoms with Gasteiger partial charge < -0.3 is 19.5 Å². The highest BCUT2D eigenvalue weighted by Crippen LogP contribution is 2.30. The number of carbonyl (C=O) groups is 1. The van der Waals surface area contributed by atoms with E-state index < -0.39 is 0 Å². The van der Waals surface area contributed by atoms with E-state index in [-0.39, 0.29) is 5.91 Å². The number of benzene rings is 3. The molecule has 1 amide bonds. The van der Waals surface area contributed by atoms with Crippen LogP contribution in [-0.2, 0) is 13.2 Å². The summed E-state index contributed by atoms with van der Waals surface area (Å²) >= 11 is 0. The molecule has 0 saturated heterocycles. The fraction of sp³-hybridized carbons (Fsp3) is 0.174. The normalized spacial score (nSPS) is 12.3. The molecule has 0 spiro atoms. The highest BCUT2D eigenvalue weighted by atomic mass is 16.6. The summed E-state index contributed by atoms with van der Waals surface area (Å²) in [6.07, 6.45) is 0. The molecule has 0 saturated carbocycles. The van der Waals surface area contributed by atoms with Crippen molar-refractivity contribution in [1.29, 1.82) is 0 Å². The molecule has 0 aliphatic carbocycles. The summed E-state index contributed by atoms with van der Waals surface area (Å²) in [6.45, 7) is 1.84. The Labute approximate surface area is 163 Å². The number of nitrogens with one attached hydrogen (secondary N) is 1. The smallest absolute Gasteiger partial charge is 0.251 e. The SMILES string of the molecule is O=C(NCc1ccc2c(c1)OCCO2)c1ccccc1COc1ccccc1. The lowest BCUT2D eigenvalue weighted by Crippen LogP contribution is -2.24. The number of hydrogen-bond acceptors (Lipinski definition) is 4. The Morgan fingerprint density at radius 1 is 0.893 bits per heavy atom. The summed E-state index contributed by atoms with van der Waals surface area (Å²) in [7, 11) is 0. The zero-order valence-corrected chi connectivity index (χ0v) is 15.4. The first-order chi connectivity index (χ1) is 13.8. The van der Waals surface area contributed by atoms with Crippen LogP contribution < -0.4 is 19.5 Å². The summed E-state index contributed by atoms with van der Waals surface area (Å²) in [6, 6.07) is 22.7. The number of amides is 1. The zero-order chi connectivity index (χ0) is 19.2. The fourth-order valence-electron chi connectivity index (χ4n) is 3.02. The Bertz CT molecular complexity index is 956. The molecule has 3 aromatic rings. The maximum absolute atomic E-state index is 12.7. The van der Waals surface area contributed by atoms with Gasteiger partial charge in [0.05, 0.1) is 0 Å². The van der Waals surface area contributed by atoms with Crippen molar-refractivity contribution in [2.24, 2.45) is 0 Å². The van der Waals surface area contributed by atoms with E-state index in [0.29, 0.717) is 31.9 Å². The minimum Gasteiger partial charge on any atom is -0.489 e. The van der Waals surface area contributed by atoms with Crippen LogP contribution in [0.25, 0.3) is 0 Å². The standard InChI is InChI=1S/C23H21NO4/c25-23(24-15-17-10-11-21-22(14-17)27-13-12-26-21)20-9-5-4-6-18(20)16-28-19-7-2-1-3-8-19/h1-11,14H,12-13,15-16H2,(H,24,25). The van der Waals surface area contributed by atoms with E-state index >= 15 is 0 Å². The lowest BCUT2D eigenvalue weighted by Gasteiger charge is -2.19. The lowest BCUT2D eigenvalue weighted by atomic mass is 10.1. The Hall–Kier alpha value is -3.47. The van der Waals surface area contributed by atoms with E-state index in [4.69, 9.17) is 14.2 Å². The molecule has 5 heteroatoms. The van der Waals surface area contributed by atoms with Crippen molar-refractivity contribution in [1.82, 2.24) is 5.32 Å². The van der Waals surface area contributed by atoms with Crippen LogP contribution in [0.1, 0.15) is 21.5 Å². The van der Waals surface area contributed by atoms with Crippen molar-refractivity contribution in [2.75, 3.05) is 13.2 Å². The number of fused-ring (bicyclic) bond motifs is 1. The summed E-state index contributed by atoms with van der Waals surface area (Å²) < 4.78 is 16.9. The minimum atomic E-state index is -0.137. The third-order valence-electron chi connectivity index (χ3n) is 4.46. The minimum absolute atomic E-state index is 0.137. The summed E-state index contributed by atoms with van der Waals surface area (Å²) in [4.78, 5) is 12.7. The molecule has 5 nitrogen and oxygen atoms in total. The first-order valence-corrected chi connectivity index (χ1v) is 9.22. The van der Waals surface area contributed by atoms with Gasteiger partial charge in [-0.05, 0) is 35.9 Å². The lowest BCUT2D eigenvalue weighted by molar-refractivity contribution is 0.0948. The van der Waals surface area contributed by atoms with Gasteiger partial charge in [0.2, 0.25) is 0 Å². The molecule has 0 fully saturated rings. The van der Waals surface area contributed by atoms with E-state index in [1.54, 1.807) is 0 Å². The first-order valence-electron chi connectivity index (χ1n) is 9.22. The van der Waals surface area contributed by atoms with Crippen LogP contribution in [0.4, 0.5) is 0 Å². The van der Waals surface area contributed by atoms with E-state index in [2.05, 4.69) is 5.32 Å². The number of carbonyl (C=O) groups excluding carboxylic acids is 1. The quantitative estimate of drug-likeness (QED) is 0.708. The molecule has 0 bridgehead atoms. The number of hydrogen-bond donors (Lipinski definition) is 1. The molecule has 142 valence electrons. The summed E-state index contributed by atoms with van der Waals surface area (Å²) in [5.74, 6) is 2.09. The summed E-state index contributed by atoms with van der Waals surface area (Å²) in [5, 5.41) is 2.97. The van der Waals surface area contributed by atoms with Gasteiger partial charge in [-0.3, -0.25) is 4.79 Å². The molecule has 4 rings (SSSR count). The molecule has 0 aromatic heterocycles. The maximum Gasteiger partial charge on any atom is 0.251 e. The van der Waals surface area contributed by atoms with Gasteiger partial charge in [-0.1, -0.05) is 42.5 Å². The highest BCUT2D eigenvalue weighted by molar-refractivity contribution is 5.95. The second-order valence-electron chi connectivity index (χ2n) is 6.42. The average molecular weight is 375 g/mol. The molecular weight excluding hydrogens is 354 g/mol. The average Bonchev–Trinajstić information content (AvgIpc) is 2.77. The van der Waals surface area contributed by atoms with Crippen molar-refractivity contribution >= 4 is 5.91 Å². The van der Waals surface area contributed by atoms with Crippen LogP contribution in [0.2, 0.25) is 0 Å². The van der Waals surface area contributed by atoms with E-state index in [9.17, 15) is 4.79 Å². The van der Waals surface area contributed by atoms with Gasteiger partial charge in [0.25, 0.3) is 5.91 Å². The van der Waals surface area contributed by atoms with Gasteiger partial charge in [-0.2, -0.15) is 0 Å². The zero-order valence-electron chi connectivity index (χ0n) is 15.4. The number of rotatable bonds is 6. The van der Waals surface area contributed by atoms with Gasteiger partial charge >= 0.3 is 0 Å². The van der Waals surface area contributed by atoms with Crippen LogP contribution in [-0.4, -0.2) is 19.1 Å². The highest BCUT2D eigenvalue weighted by Gasteiger charge is 2.14. The molecule has 0 atom stereocenters. The van der Waals surface area contributed by atoms with Crippen molar-refractivity contribution in [3.8, 4) is 17.2 Å². The Morgan fingerprint density at radius 2 is 1.64 bits per heavy atom. The predicted octanol–water partition coefficient (Wildman–Crippen LogP) is 3.97. The first kappa shape index (κ1) is 17.9. The molecule has 1 N–H and O–H groups in total. The van der Waals surface area contributed by atoms with Crippen LogP contribution in [0, 0.1) is 0 Å². The van der Waals surface area contributed by atoms with Crippen LogP contribution in [0.15, 0.2) is 72.8 Å². The predicted molar refractivity (Wildman–Crippen MR) is 106 cm³/mol. The molecule has 3 aromatic carbocycles. The Kier molecular flexibility index (Phi) is 5.43. The monoisotopic (exact) mass is 375 g/mol. The van der Waals surface area contributed by atoms with Gasteiger partial charge in [-0.25, -0.2) is 0 Å². The van der Waals surface area contributed by atoms with Gasteiger partial charge in [-0.15, -0.1) is 0 Å². The molecule has 1 heterocycles. The molecule has 0 radical (unpaired) electrons. The van der Waals surface area contributed by atoms with Crippen LogP contribution >= 0.6 is 0 Å². The number of ether oxygens (including phenoxy) is 3. The van der Waals surface area contributed by atoms with Crippen LogP contribution in [0.5, 0.6) is 17.2 Å². The van der Waals surface area contributed by atoms with Gasteiger partial charge in [0, 0.05) is 17.7 Å². The topological polar surface area (TPSA) is 56.8 Å². The molecule has 1 aliphatic rings. The van der Waals surface area contributed by atoms with Crippen molar-refractivity contribution < 1.29 is 19.0 Å². The molecule has 28 heavy (non-hydrogen) atoms. The maximum atomic E-state index is 12.7. The third kappa shape index (κ3) is 4.26. The summed E-state index contributed by atoms with van der Waals surface area (Å²) in [5.41, 5.74) is 2.40. The Balaban J connectivity index is 1.41. The van der Waals surface area contributed by atoms with Crippen molar-refractivity contribution in [3.05, 3.63) is 89.5 Å². The van der Waals surface area contributed by atoms with Crippen molar-refractivity contribution in [2.45, 2.75) is 13.2 Å². The second-order valence-corrected chi connectivity index (χ2v) is 6.42. The second kappa shape index (κ2) is 8.48. The van der Waals surface area contributed by atoms with E-state index in [1.807, 2.05) is 72.8 Å². The van der Waals surface area contributed by atoms with Gasteiger partial charge in [0.1, 0.15) is 25.6 Å². The molecular formula is C23H21NO4. The van der Waals surface area contributed by atoms with Gasteiger partial charge in [0.15, 0.2) is 11.5 Å². The van der Waals surface area contributed by atoms with Crippen LogP contribution in [0.3, 0.4) is 0 Å². The third-order valence-corrected chi connectivity index (χ3v) is 4.46. The largest absolute Gasteiger partial charge is 0.489 e.